The maximum atomic E-state index is 12.5. The van der Waals surface area contributed by atoms with Crippen LogP contribution < -0.4 is 33.2 Å². The standard InChI is InChI=1S/C16H26N6O10/c17-6(3-12(26)27)13(28)20-7(1-2-10(18)24)14(29)22-9(5-23)15(30)21-8(16(31)32)4-11(19)25/h6-9,23H,1-5,17H2,(H2,18,24)(H2,19,25)(H,20,28)(H,21,30)(H,22,29)(H,26,27)(H,31,32). The van der Waals surface area contributed by atoms with Gasteiger partial charge in [0.05, 0.1) is 25.5 Å². The van der Waals surface area contributed by atoms with E-state index in [9.17, 15) is 38.7 Å². The molecular formula is C16H26N6O10. The van der Waals surface area contributed by atoms with Crippen molar-refractivity contribution in [2.24, 2.45) is 17.2 Å². The number of amides is 5. The van der Waals surface area contributed by atoms with Crippen molar-refractivity contribution < 1.29 is 48.9 Å². The zero-order valence-electron chi connectivity index (χ0n) is 16.8. The van der Waals surface area contributed by atoms with Crippen molar-refractivity contribution in [1.29, 1.82) is 0 Å². The average molecular weight is 462 g/mol. The fourth-order valence-electron chi connectivity index (χ4n) is 2.25. The first kappa shape index (κ1) is 28.2. The van der Waals surface area contributed by atoms with Crippen LogP contribution in [0.2, 0.25) is 0 Å². The number of primary amides is 2. The molecule has 0 aliphatic carbocycles. The fraction of sp³-hybridized carbons (Fsp3) is 0.562. The maximum absolute atomic E-state index is 12.5. The molecule has 0 aromatic carbocycles. The molecule has 0 heterocycles. The van der Waals surface area contributed by atoms with E-state index >= 15 is 0 Å². The Morgan fingerprint density at radius 3 is 1.66 bits per heavy atom. The number of hydrogen-bond donors (Lipinski definition) is 9. The van der Waals surface area contributed by atoms with Gasteiger partial charge in [0, 0.05) is 6.42 Å². The van der Waals surface area contributed by atoms with Gasteiger partial charge in [0.2, 0.25) is 29.5 Å². The van der Waals surface area contributed by atoms with Crippen molar-refractivity contribution in [1.82, 2.24) is 16.0 Å². The van der Waals surface area contributed by atoms with E-state index in [0.29, 0.717) is 0 Å². The topological polar surface area (TPSA) is 294 Å². The van der Waals surface area contributed by atoms with Crippen molar-refractivity contribution in [3.05, 3.63) is 0 Å². The van der Waals surface area contributed by atoms with Crippen LogP contribution in [-0.2, 0) is 33.6 Å². The van der Waals surface area contributed by atoms with Gasteiger partial charge in [-0.25, -0.2) is 4.79 Å². The molecule has 0 aliphatic rings. The lowest BCUT2D eigenvalue weighted by molar-refractivity contribution is -0.144. The first-order chi connectivity index (χ1) is 14.8. The highest BCUT2D eigenvalue weighted by atomic mass is 16.4. The van der Waals surface area contributed by atoms with Crippen LogP contribution in [0, 0.1) is 0 Å². The summed E-state index contributed by atoms with van der Waals surface area (Å²) in [6.45, 7) is -1.00. The van der Waals surface area contributed by atoms with E-state index in [1.807, 2.05) is 10.6 Å². The van der Waals surface area contributed by atoms with E-state index in [2.05, 4.69) is 5.32 Å². The van der Waals surface area contributed by atoms with E-state index < -0.39 is 85.1 Å². The highest BCUT2D eigenvalue weighted by molar-refractivity contribution is 5.95. The summed E-state index contributed by atoms with van der Waals surface area (Å²) in [5.74, 6) is -8.16. The van der Waals surface area contributed by atoms with Crippen molar-refractivity contribution >= 4 is 41.5 Å². The Kier molecular flexibility index (Phi) is 11.9. The molecule has 0 fully saturated rings. The number of aliphatic hydroxyl groups is 1. The summed E-state index contributed by atoms with van der Waals surface area (Å²) in [6, 6.07) is -6.47. The van der Waals surface area contributed by atoms with Gasteiger partial charge >= 0.3 is 11.9 Å². The SMILES string of the molecule is NC(=O)CCC(NC(=O)C(N)CC(=O)O)C(=O)NC(CO)C(=O)NC(CC(N)=O)C(=O)O. The molecular weight excluding hydrogens is 436 g/mol. The molecule has 0 aromatic rings. The van der Waals surface area contributed by atoms with Crippen LogP contribution in [0.4, 0.5) is 0 Å². The Bertz CT molecular complexity index is 758. The number of rotatable bonds is 15. The Morgan fingerprint density at radius 2 is 1.22 bits per heavy atom. The number of nitrogens with two attached hydrogens (primary N) is 3. The second-order valence-corrected chi connectivity index (χ2v) is 6.58. The number of carboxylic acids is 2. The molecule has 0 saturated carbocycles. The second kappa shape index (κ2) is 13.5. The molecule has 16 heteroatoms. The summed E-state index contributed by atoms with van der Waals surface area (Å²) in [5.41, 5.74) is 15.3. The predicted octanol–water partition coefficient (Wildman–Crippen LogP) is -5.54. The number of nitrogens with one attached hydrogen (secondary N) is 3. The number of aliphatic hydroxyl groups excluding tert-OH is 1. The predicted molar refractivity (Wildman–Crippen MR) is 103 cm³/mol. The average Bonchev–Trinajstić information content (AvgIpc) is 2.66. The fourth-order valence-corrected chi connectivity index (χ4v) is 2.25. The number of carboxylic acid groups (broad SMARTS) is 2. The highest BCUT2D eigenvalue weighted by Crippen LogP contribution is 2.01. The second-order valence-electron chi connectivity index (χ2n) is 6.58. The first-order valence-corrected chi connectivity index (χ1v) is 9.07. The zero-order chi connectivity index (χ0) is 25.0. The lowest BCUT2D eigenvalue weighted by Crippen LogP contribution is -2.58. The smallest absolute Gasteiger partial charge is 0.326 e. The maximum Gasteiger partial charge on any atom is 0.326 e. The van der Waals surface area contributed by atoms with Gasteiger partial charge in [-0.15, -0.1) is 0 Å². The normalized spacial score (nSPS) is 14.2. The Hall–Kier alpha value is -3.79. The molecule has 32 heavy (non-hydrogen) atoms. The van der Waals surface area contributed by atoms with Crippen molar-refractivity contribution in [3.63, 3.8) is 0 Å². The summed E-state index contributed by atoms with van der Waals surface area (Å²) in [7, 11) is 0. The molecule has 0 aromatic heterocycles. The van der Waals surface area contributed by atoms with Crippen molar-refractivity contribution in [2.45, 2.75) is 49.9 Å². The minimum atomic E-state index is -1.73. The Morgan fingerprint density at radius 1 is 0.719 bits per heavy atom. The van der Waals surface area contributed by atoms with E-state index in [4.69, 9.17) is 27.4 Å². The molecule has 0 spiro atoms. The summed E-state index contributed by atoms with van der Waals surface area (Å²) >= 11 is 0. The number of hydrogen-bond acceptors (Lipinski definition) is 9. The van der Waals surface area contributed by atoms with Crippen LogP contribution in [0.25, 0.3) is 0 Å². The summed E-state index contributed by atoms with van der Waals surface area (Å²) < 4.78 is 0. The zero-order valence-corrected chi connectivity index (χ0v) is 16.8. The number of carbonyl (C=O) groups excluding carboxylic acids is 5. The Balaban J connectivity index is 5.33. The van der Waals surface area contributed by atoms with Crippen LogP contribution in [0.1, 0.15) is 25.7 Å². The lowest BCUT2D eigenvalue weighted by Gasteiger charge is -2.23. The number of carbonyl (C=O) groups is 7. The molecule has 5 amide bonds. The molecule has 0 aliphatic heterocycles. The Labute approximate surface area is 180 Å². The third-order valence-electron chi connectivity index (χ3n) is 3.88. The van der Waals surface area contributed by atoms with Gasteiger partial charge in [0.25, 0.3) is 0 Å². The minimum absolute atomic E-state index is 0.355. The number of aliphatic carboxylic acids is 2. The summed E-state index contributed by atoms with van der Waals surface area (Å²) in [4.78, 5) is 80.4. The van der Waals surface area contributed by atoms with Crippen molar-refractivity contribution in [2.75, 3.05) is 6.61 Å². The quantitative estimate of drug-likeness (QED) is 0.110. The van der Waals surface area contributed by atoms with Gasteiger partial charge < -0.3 is 48.5 Å². The third kappa shape index (κ3) is 10.8. The summed E-state index contributed by atoms with van der Waals surface area (Å²) in [5, 5.41) is 33.2. The van der Waals surface area contributed by atoms with Gasteiger partial charge in [-0.3, -0.25) is 28.8 Å². The lowest BCUT2D eigenvalue weighted by atomic mass is 10.1. The van der Waals surface area contributed by atoms with Gasteiger partial charge in [-0.05, 0) is 6.42 Å². The van der Waals surface area contributed by atoms with Crippen LogP contribution >= 0.6 is 0 Å². The molecule has 12 N–H and O–H groups in total. The summed E-state index contributed by atoms with van der Waals surface area (Å²) in [6.07, 6.45) is -2.26. The van der Waals surface area contributed by atoms with Gasteiger partial charge in [-0.1, -0.05) is 0 Å². The van der Waals surface area contributed by atoms with Crippen molar-refractivity contribution in [3.8, 4) is 0 Å². The van der Waals surface area contributed by atoms with Crippen LogP contribution in [0.5, 0.6) is 0 Å². The largest absolute Gasteiger partial charge is 0.481 e. The highest BCUT2D eigenvalue weighted by Gasteiger charge is 2.31. The van der Waals surface area contributed by atoms with Crippen LogP contribution in [0.3, 0.4) is 0 Å². The van der Waals surface area contributed by atoms with Gasteiger partial charge in [0.1, 0.15) is 18.1 Å². The monoisotopic (exact) mass is 462 g/mol. The molecule has 16 nitrogen and oxygen atoms in total. The molecule has 0 saturated heterocycles. The molecule has 0 rings (SSSR count). The van der Waals surface area contributed by atoms with E-state index in [1.54, 1.807) is 0 Å². The van der Waals surface area contributed by atoms with Crippen LogP contribution in [-0.4, -0.2) is 87.6 Å². The van der Waals surface area contributed by atoms with Crippen LogP contribution in [0.15, 0.2) is 0 Å². The molecule has 0 radical (unpaired) electrons. The van der Waals surface area contributed by atoms with E-state index in [-0.39, 0.29) is 12.8 Å². The minimum Gasteiger partial charge on any atom is -0.481 e. The molecule has 4 atom stereocenters. The first-order valence-electron chi connectivity index (χ1n) is 9.07. The van der Waals surface area contributed by atoms with E-state index in [1.165, 1.54) is 0 Å². The van der Waals surface area contributed by atoms with Gasteiger partial charge in [0.15, 0.2) is 0 Å². The molecule has 4 unspecified atom stereocenters. The van der Waals surface area contributed by atoms with E-state index in [0.717, 1.165) is 0 Å². The molecule has 0 bridgehead atoms. The third-order valence-corrected chi connectivity index (χ3v) is 3.88. The molecule has 180 valence electrons. The van der Waals surface area contributed by atoms with Gasteiger partial charge in [-0.2, -0.15) is 0 Å².